The number of hydrogen-bond donors (Lipinski definition) is 0. The number of nitrogens with zero attached hydrogens (tertiary/aromatic N) is 1. The quantitative estimate of drug-likeness (QED) is 0.193. The lowest BCUT2D eigenvalue weighted by molar-refractivity contribution is -0.0944. The Morgan fingerprint density at radius 1 is 0.921 bits per heavy atom. The van der Waals surface area contributed by atoms with Crippen LogP contribution in [-0.2, 0) is 20.3 Å². The Morgan fingerprint density at radius 3 is 2.32 bits per heavy atom. The van der Waals surface area contributed by atoms with E-state index in [9.17, 15) is 0 Å². The molecule has 0 radical (unpaired) electrons. The molecule has 4 aliphatic rings. The van der Waals surface area contributed by atoms with Crippen LogP contribution in [0.25, 0.3) is 0 Å². The summed E-state index contributed by atoms with van der Waals surface area (Å²) in [6.45, 7) is 19.7. The van der Waals surface area contributed by atoms with E-state index in [1.54, 1.807) is 5.57 Å². The van der Waals surface area contributed by atoms with Crippen LogP contribution in [-0.4, -0.2) is 34.6 Å². The van der Waals surface area contributed by atoms with Gasteiger partial charge in [-0.1, -0.05) is 61.0 Å². The molecule has 1 aromatic rings. The molecule has 0 unspecified atom stereocenters. The average molecular weight is 554 g/mol. The average Bonchev–Trinajstić information content (AvgIpc) is 3.13. The number of oxime groups is 1. The molecule has 0 amide bonds. The molecule has 210 valence electrons. The van der Waals surface area contributed by atoms with Gasteiger partial charge in [-0.25, -0.2) is 0 Å². The van der Waals surface area contributed by atoms with Gasteiger partial charge in [-0.05, 0) is 113 Å². The molecular formula is C32H51NO3Si2. The first-order chi connectivity index (χ1) is 17.8. The van der Waals surface area contributed by atoms with Crippen molar-refractivity contribution in [1.82, 2.24) is 0 Å². The van der Waals surface area contributed by atoms with Crippen molar-refractivity contribution in [3.05, 3.63) is 47.5 Å². The molecule has 0 heterocycles. The number of hydrogen-bond acceptors (Lipinski definition) is 4. The molecule has 7 atom stereocenters. The molecule has 0 saturated heterocycles. The van der Waals surface area contributed by atoms with Crippen molar-refractivity contribution in [2.45, 2.75) is 117 Å². The first kappa shape index (κ1) is 28.3. The Balaban J connectivity index is 1.42. The maximum Gasteiger partial charge on any atom is 0.184 e. The molecule has 0 aromatic heterocycles. The van der Waals surface area contributed by atoms with Crippen molar-refractivity contribution in [3.8, 4) is 0 Å². The van der Waals surface area contributed by atoms with E-state index >= 15 is 0 Å². The summed E-state index contributed by atoms with van der Waals surface area (Å²) >= 11 is 0. The minimum Gasteiger partial charge on any atom is -0.414 e. The summed E-state index contributed by atoms with van der Waals surface area (Å²) in [5.74, 6) is 1.89. The van der Waals surface area contributed by atoms with Crippen LogP contribution < -0.4 is 0 Å². The Labute approximate surface area is 233 Å². The summed E-state index contributed by atoms with van der Waals surface area (Å²) in [5.41, 5.74) is 4.39. The molecule has 4 nitrogen and oxygen atoms in total. The van der Waals surface area contributed by atoms with Crippen molar-refractivity contribution in [3.63, 3.8) is 0 Å². The molecule has 0 spiro atoms. The SMILES string of the molecule is C[C@]12CC[C@H](O[Si](C)(C)C)CC1=CC[C@@H]1[C@@H]2[C@@H](O[Si](C)(C)C)C[C@]2(C)/C(=N\OCc3ccccc3)CC[C@@H]12. The van der Waals surface area contributed by atoms with Gasteiger partial charge >= 0.3 is 0 Å². The van der Waals surface area contributed by atoms with Crippen LogP contribution in [0.1, 0.15) is 64.4 Å². The van der Waals surface area contributed by atoms with Crippen molar-refractivity contribution in [2.24, 2.45) is 33.7 Å². The van der Waals surface area contributed by atoms with E-state index < -0.39 is 16.6 Å². The summed E-state index contributed by atoms with van der Waals surface area (Å²) in [6.07, 6.45) is 11.4. The van der Waals surface area contributed by atoms with Gasteiger partial charge in [0.1, 0.15) is 6.61 Å². The van der Waals surface area contributed by atoms with Crippen LogP contribution in [0.3, 0.4) is 0 Å². The summed E-state index contributed by atoms with van der Waals surface area (Å²) in [6, 6.07) is 10.4. The van der Waals surface area contributed by atoms with E-state index in [0.29, 0.717) is 30.5 Å². The van der Waals surface area contributed by atoms with Crippen molar-refractivity contribution in [2.75, 3.05) is 0 Å². The lowest BCUT2D eigenvalue weighted by Crippen LogP contribution is -2.58. The largest absolute Gasteiger partial charge is 0.414 e. The predicted molar refractivity (Wildman–Crippen MR) is 162 cm³/mol. The van der Waals surface area contributed by atoms with Crippen molar-refractivity contribution in [1.29, 1.82) is 0 Å². The summed E-state index contributed by atoms with van der Waals surface area (Å²) in [4.78, 5) is 5.98. The predicted octanol–water partition coefficient (Wildman–Crippen LogP) is 8.57. The van der Waals surface area contributed by atoms with Crippen LogP contribution >= 0.6 is 0 Å². The highest BCUT2D eigenvalue weighted by Gasteiger charge is 2.62. The zero-order valence-electron chi connectivity index (χ0n) is 25.2. The van der Waals surface area contributed by atoms with E-state index in [2.05, 4.69) is 83.5 Å². The van der Waals surface area contributed by atoms with Gasteiger partial charge in [0.15, 0.2) is 16.6 Å². The molecule has 3 fully saturated rings. The molecule has 6 heteroatoms. The van der Waals surface area contributed by atoms with Gasteiger partial charge in [-0.3, -0.25) is 0 Å². The van der Waals surface area contributed by atoms with Crippen molar-refractivity contribution >= 4 is 22.3 Å². The fourth-order valence-corrected chi connectivity index (χ4v) is 10.9. The number of rotatable bonds is 7. The molecule has 0 N–H and O–H groups in total. The van der Waals surface area contributed by atoms with Gasteiger partial charge in [-0.15, -0.1) is 0 Å². The third-order valence-corrected chi connectivity index (χ3v) is 12.0. The van der Waals surface area contributed by atoms with Gasteiger partial charge in [0, 0.05) is 17.6 Å². The van der Waals surface area contributed by atoms with E-state index in [0.717, 1.165) is 19.3 Å². The molecule has 4 aliphatic carbocycles. The van der Waals surface area contributed by atoms with Gasteiger partial charge < -0.3 is 13.7 Å². The van der Waals surface area contributed by atoms with E-state index in [1.165, 1.54) is 37.0 Å². The minimum atomic E-state index is -1.73. The topological polar surface area (TPSA) is 40.0 Å². The minimum absolute atomic E-state index is 0.0576. The molecule has 5 rings (SSSR count). The van der Waals surface area contributed by atoms with Gasteiger partial charge in [0.25, 0.3) is 0 Å². The van der Waals surface area contributed by atoms with Crippen LogP contribution in [0.2, 0.25) is 39.3 Å². The zero-order valence-corrected chi connectivity index (χ0v) is 27.2. The molecular weight excluding hydrogens is 503 g/mol. The Morgan fingerprint density at radius 2 is 1.63 bits per heavy atom. The van der Waals surface area contributed by atoms with Gasteiger partial charge in [-0.2, -0.15) is 0 Å². The molecule has 0 aliphatic heterocycles. The van der Waals surface area contributed by atoms with E-state index in [-0.39, 0.29) is 16.9 Å². The lowest BCUT2D eigenvalue weighted by Gasteiger charge is -2.60. The number of allylic oxidation sites excluding steroid dienone is 1. The molecule has 1 aromatic carbocycles. The summed E-state index contributed by atoms with van der Waals surface area (Å²) < 4.78 is 13.8. The summed E-state index contributed by atoms with van der Waals surface area (Å²) in [7, 11) is -3.28. The Bertz CT molecular complexity index is 1060. The normalized spacial score (nSPS) is 38.3. The fourth-order valence-electron chi connectivity index (χ4n) is 8.59. The third-order valence-electron chi connectivity index (χ3n) is 9.99. The highest BCUT2D eigenvalue weighted by molar-refractivity contribution is 6.70. The Hall–Kier alpha value is -1.22. The third kappa shape index (κ3) is 5.66. The highest BCUT2D eigenvalue weighted by Crippen LogP contribution is 2.65. The molecule has 0 bridgehead atoms. The number of benzene rings is 1. The van der Waals surface area contributed by atoms with Crippen molar-refractivity contribution < 1.29 is 13.7 Å². The van der Waals surface area contributed by atoms with Crippen LogP contribution in [0.5, 0.6) is 0 Å². The van der Waals surface area contributed by atoms with Crippen LogP contribution in [0, 0.1) is 28.6 Å². The van der Waals surface area contributed by atoms with Gasteiger partial charge in [0.2, 0.25) is 0 Å². The fraction of sp³-hybridized carbons (Fsp3) is 0.719. The number of fused-ring (bicyclic) bond motifs is 5. The van der Waals surface area contributed by atoms with Crippen LogP contribution in [0.15, 0.2) is 47.1 Å². The first-order valence-corrected chi connectivity index (χ1v) is 21.9. The summed E-state index contributed by atoms with van der Waals surface area (Å²) in [5, 5.41) is 4.83. The second-order valence-electron chi connectivity index (χ2n) is 15.0. The smallest absolute Gasteiger partial charge is 0.184 e. The Kier molecular flexibility index (Phi) is 7.69. The van der Waals surface area contributed by atoms with Gasteiger partial charge in [0.05, 0.1) is 5.71 Å². The monoisotopic (exact) mass is 553 g/mol. The van der Waals surface area contributed by atoms with E-state index in [4.69, 9.17) is 18.8 Å². The lowest BCUT2D eigenvalue weighted by atomic mass is 9.47. The van der Waals surface area contributed by atoms with Crippen LogP contribution in [0.4, 0.5) is 0 Å². The standard InChI is InChI=1S/C32H51NO3Si2/c1-31-19-18-25(35-37(3,4)5)20-24(31)14-15-26-27-16-17-29(33-34-22-23-12-10-9-11-13-23)32(27,2)21-28(30(26)31)36-38(6,7)8/h9-14,25-28,30H,15-22H2,1-8H3/b33-29-/t25-,26-,27-,28-,30+,31-,32-/m0/s1. The van der Waals surface area contributed by atoms with E-state index in [1.807, 2.05) is 6.07 Å². The highest BCUT2D eigenvalue weighted by atomic mass is 28.4. The first-order valence-electron chi connectivity index (χ1n) is 15.1. The maximum atomic E-state index is 7.16. The molecule has 38 heavy (non-hydrogen) atoms. The second kappa shape index (κ2) is 10.3. The molecule has 3 saturated carbocycles. The zero-order chi connectivity index (χ0) is 27.3. The maximum absolute atomic E-state index is 7.16. The second-order valence-corrected chi connectivity index (χ2v) is 23.9.